The molecule has 1 amide bonds. The van der Waals surface area contributed by atoms with Crippen molar-refractivity contribution < 1.29 is 9.53 Å². The standard InChI is InChI=1S/C10H18N2O2/c1-10(2,3)14-9(13)12-5-4-6-7(11)8(6)12/h6-8H,4-5,11H2,1-3H3. The molecule has 0 aromatic rings. The van der Waals surface area contributed by atoms with Gasteiger partial charge in [-0.05, 0) is 33.1 Å². The number of piperidine rings is 1. The summed E-state index contributed by atoms with van der Waals surface area (Å²) >= 11 is 0. The van der Waals surface area contributed by atoms with Crippen molar-refractivity contribution in [3.63, 3.8) is 0 Å². The van der Waals surface area contributed by atoms with Crippen LogP contribution in [0.1, 0.15) is 27.2 Å². The molecule has 2 N–H and O–H groups in total. The van der Waals surface area contributed by atoms with Crippen LogP contribution in [-0.4, -0.2) is 35.2 Å². The van der Waals surface area contributed by atoms with Crippen molar-refractivity contribution in [2.75, 3.05) is 6.54 Å². The summed E-state index contributed by atoms with van der Waals surface area (Å²) in [4.78, 5) is 13.5. The summed E-state index contributed by atoms with van der Waals surface area (Å²) in [6.07, 6.45) is 0.823. The highest BCUT2D eigenvalue weighted by Gasteiger charge is 2.57. The zero-order chi connectivity index (χ0) is 10.5. The van der Waals surface area contributed by atoms with E-state index in [9.17, 15) is 4.79 Å². The van der Waals surface area contributed by atoms with Gasteiger partial charge in [-0.25, -0.2) is 4.79 Å². The number of hydrogen-bond acceptors (Lipinski definition) is 3. The number of ether oxygens (including phenoxy) is 1. The maximum Gasteiger partial charge on any atom is 0.410 e. The molecule has 80 valence electrons. The van der Waals surface area contributed by atoms with Crippen LogP contribution in [-0.2, 0) is 4.74 Å². The van der Waals surface area contributed by atoms with Gasteiger partial charge in [0.2, 0.25) is 0 Å². The van der Waals surface area contributed by atoms with Crippen molar-refractivity contribution in [3.05, 3.63) is 0 Å². The second-order valence-electron chi connectivity index (χ2n) is 5.19. The monoisotopic (exact) mass is 198 g/mol. The number of carbonyl (C=O) groups excluding carboxylic acids is 1. The molecule has 2 aliphatic rings. The maximum absolute atomic E-state index is 11.7. The van der Waals surface area contributed by atoms with Gasteiger partial charge in [-0.3, -0.25) is 0 Å². The van der Waals surface area contributed by atoms with E-state index in [1.807, 2.05) is 20.8 Å². The van der Waals surface area contributed by atoms with Crippen molar-refractivity contribution >= 4 is 6.09 Å². The molecule has 0 aromatic heterocycles. The zero-order valence-corrected chi connectivity index (χ0v) is 8.99. The van der Waals surface area contributed by atoms with E-state index in [2.05, 4.69) is 0 Å². The first kappa shape index (κ1) is 9.77. The van der Waals surface area contributed by atoms with Crippen molar-refractivity contribution in [1.82, 2.24) is 4.90 Å². The van der Waals surface area contributed by atoms with E-state index >= 15 is 0 Å². The van der Waals surface area contributed by atoms with Gasteiger partial charge >= 0.3 is 6.09 Å². The van der Waals surface area contributed by atoms with Crippen LogP contribution in [0.5, 0.6) is 0 Å². The minimum atomic E-state index is -0.409. The van der Waals surface area contributed by atoms with Crippen molar-refractivity contribution in [2.24, 2.45) is 11.7 Å². The summed E-state index contributed by atoms with van der Waals surface area (Å²) in [5, 5.41) is 0. The van der Waals surface area contributed by atoms with Crippen LogP contribution in [0.4, 0.5) is 4.79 Å². The Bertz CT molecular complexity index is 259. The van der Waals surface area contributed by atoms with Crippen molar-refractivity contribution in [2.45, 2.75) is 44.9 Å². The Hall–Kier alpha value is -0.770. The third-order valence-electron chi connectivity index (χ3n) is 2.88. The van der Waals surface area contributed by atoms with Crippen LogP contribution in [0.3, 0.4) is 0 Å². The zero-order valence-electron chi connectivity index (χ0n) is 8.99. The highest BCUT2D eigenvalue weighted by molar-refractivity contribution is 5.70. The predicted octanol–water partition coefficient (Wildman–Crippen LogP) is 0.953. The van der Waals surface area contributed by atoms with Gasteiger partial charge in [0.25, 0.3) is 0 Å². The summed E-state index contributed by atoms with van der Waals surface area (Å²) in [7, 11) is 0. The van der Waals surface area contributed by atoms with Crippen LogP contribution in [0.15, 0.2) is 0 Å². The number of carbonyl (C=O) groups is 1. The summed E-state index contributed by atoms with van der Waals surface area (Å²) in [6.45, 7) is 6.44. The molecule has 1 aliphatic carbocycles. The average Bonchev–Trinajstić information content (AvgIpc) is 2.52. The molecule has 14 heavy (non-hydrogen) atoms. The topological polar surface area (TPSA) is 55.6 Å². The van der Waals surface area contributed by atoms with E-state index < -0.39 is 5.60 Å². The first-order chi connectivity index (χ1) is 6.40. The highest BCUT2D eigenvalue weighted by Crippen LogP contribution is 2.43. The molecular weight excluding hydrogens is 180 g/mol. The van der Waals surface area contributed by atoms with E-state index in [1.54, 1.807) is 4.90 Å². The third-order valence-corrected chi connectivity index (χ3v) is 2.88. The van der Waals surface area contributed by atoms with Gasteiger partial charge in [0, 0.05) is 12.6 Å². The quantitative estimate of drug-likeness (QED) is 0.630. The second kappa shape index (κ2) is 2.86. The second-order valence-corrected chi connectivity index (χ2v) is 5.19. The number of rotatable bonds is 0. The largest absolute Gasteiger partial charge is 0.444 e. The fourth-order valence-corrected chi connectivity index (χ4v) is 2.15. The number of nitrogens with two attached hydrogens (primary N) is 1. The number of nitrogens with zero attached hydrogens (tertiary/aromatic N) is 1. The van der Waals surface area contributed by atoms with Crippen molar-refractivity contribution in [1.29, 1.82) is 0 Å². The number of hydrogen-bond donors (Lipinski definition) is 1. The molecule has 1 aliphatic heterocycles. The summed E-state index contributed by atoms with van der Waals surface area (Å²) in [6, 6.07) is 0.445. The molecule has 1 saturated heterocycles. The van der Waals surface area contributed by atoms with Crippen LogP contribution >= 0.6 is 0 Å². The van der Waals surface area contributed by atoms with Gasteiger partial charge in [0.15, 0.2) is 0 Å². The molecule has 0 aromatic carbocycles. The summed E-state index contributed by atoms with van der Waals surface area (Å²) < 4.78 is 5.30. The molecule has 1 saturated carbocycles. The van der Waals surface area contributed by atoms with E-state index in [1.165, 1.54) is 0 Å². The van der Waals surface area contributed by atoms with Gasteiger partial charge < -0.3 is 15.4 Å². The van der Waals surface area contributed by atoms with E-state index in [0.717, 1.165) is 13.0 Å². The predicted molar refractivity (Wildman–Crippen MR) is 52.8 cm³/mol. The molecule has 2 rings (SSSR count). The normalized spacial score (nSPS) is 35.4. The van der Waals surface area contributed by atoms with Gasteiger partial charge in [-0.2, -0.15) is 0 Å². The number of fused-ring (bicyclic) bond motifs is 1. The van der Waals surface area contributed by atoms with Crippen LogP contribution in [0.25, 0.3) is 0 Å². The number of amides is 1. The lowest BCUT2D eigenvalue weighted by molar-refractivity contribution is 0.0260. The smallest absolute Gasteiger partial charge is 0.410 e. The Balaban J connectivity index is 1.93. The Labute approximate surface area is 84.4 Å². The number of likely N-dealkylation sites (tertiary alicyclic amines) is 1. The maximum atomic E-state index is 11.7. The molecule has 0 radical (unpaired) electrons. The average molecular weight is 198 g/mol. The van der Waals surface area contributed by atoms with Gasteiger partial charge in [-0.1, -0.05) is 0 Å². The minimum absolute atomic E-state index is 0.191. The lowest BCUT2D eigenvalue weighted by atomic mass is 10.2. The van der Waals surface area contributed by atoms with Gasteiger partial charge in [-0.15, -0.1) is 0 Å². The molecule has 4 heteroatoms. The first-order valence-electron chi connectivity index (χ1n) is 5.15. The minimum Gasteiger partial charge on any atom is -0.444 e. The lowest BCUT2D eigenvalue weighted by Gasteiger charge is -2.25. The Morgan fingerprint density at radius 3 is 2.57 bits per heavy atom. The molecule has 2 fully saturated rings. The molecule has 3 atom stereocenters. The van der Waals surface area contributed by atoms with E-state index in [0.29, 0.717) is 5.92 Å². The molecule has 0 spiro atoms. The van der Waals surface area contributed by atoms with Crippen molar-refractivity contribution in [3.8, 4) is 0 Å². The van der Waals surface area contributed by atoms with Gasteiger partial charge in [0.1, 0.15) is 5.60 Å². The van der Waals surface area contributed by atoms with E-state index in [-0.39, 0.29) is 18.2 Å². The molecular formula is C10H18N2O2. The van der Waals surface area contributed by atoms with Crippen LogP contribution < -0.4 is 5.73 Å². The Kier molecular flexibility index (Phi) is 2.00. The summed E-state index contributed by atoms with van der Waals surface area (Å²) in [5.41, 5.74) is 5.41. The van der Waals surface area contributed by atoms with Gasteiger partial charge in [0.05, 0.1) is 6.04 Å². The SMILES string of the molecule is CC(C)(C)OC(=O)N1CCC2C(N)C21. The Morgan fingerprint density at radius 2 is 2.14 bits per heavy atom. The first-order valence-corrected chi connectivity index (χ1v) is 5.15. The molecule has 4 nitrogen and oxygen atoms in total. The molecule has 3 unspecified atom stereocenters. The fourth-order valence-electron chi connectivity index (χ4n) is 2.15. The molecule has 0 bridgehead atoms. The Morgan fingerprint density at radius 1 is 1.50 bits per heavy atom. The summed E-state index contributed by atoms with van der Waals surface area (Å²) in [5.74, 6) is 0.530. The molecule has 1 heterocycles. The van der Waals surface area contributed by atoms with E-state index in [4.69, 9.17) is 10.5 Å². The van der Waals surface area contributed by atoms with Crippen LogP contribution in [0, 0.1) is 5.92 Å². The lowest BCUT2D eigenvalue weighted by Crippen LogP contribution is -2.39. The highest BCUT2D eigenvalue weighted by atomic mass is 16.6. The fraction of sp³-hybridized carbons (Fsp3) is 0.900. The van der Waals surface area contributed by atoms with Crippen LogP contribution in [0.2, 0.25) is 0 Å². The third kappa shape index (κ3) is 1.59.